The van der Waals surface area contributed by atoms with E-state index in [2.05, 4.69) is 5.32 Å². The summed E-state index contributed by atoms with van der Waals surface area (Å²) >= 11 is 0. The molecule has 1 aromatic carbocycles. The molecule has 2 amide bonds. The van der Waals surface area contributed by atoms with Crippen LogP contribution < -0.4 is 5.32 Å². The van der Waals surface area contributed by atoms with E-state index in [0.717, 1.165) is 37.7 Å². The molecular weight excluding hydrogens is 400 g/mol. The maximum Gasteiger partial charge on any atom is 0.407 e. The Labute approximate surface area is 182 Å². The van der Waals surface area contributed by atoms with Gasteiger partial charge in [0, 0.05) is 25.8 Å². The summed E-state index contributed by atoms with van der Waals surface area (Å²) in [6.07, 6.45) is 5.21. The molecular formula is C23H32N2O6. The number of carbonyl (C=O) groups excluding carboxylic acids is 1. The van der Waals surface area contributed by atoms with Crippen molar-refractivity contribution in [2.24, 2.45) is 0 Å². The minimum absolute atomic E-state index is 0.182. The highest BCUT2D eigenvalue weighted by molar-refractivity contribution is 5.70. The zero-order chi connectivity index (χ0) is 21.7. The van der Waals surface area contributed by atoms with E-state index in [0.29, 0.717) is 32.4 Å². The lowest BCUT2D eigenvalue weighted by atomic mass is 9.78. The SMILES string of the molecule is O=C1NC2(CCCN(C(=O)O)C2COC2(OCc3ccccc3)CCCCC2)CCO1. The normalized spacial score (nSPS) is 28.1. The van der Waals surface area contributed by atoms with Crippen LogP contribution >= 0.6 is 0 Å². The van der Waals surface area contributed by atoms with E-state index in [1.807, 2.05) is 30.3 Å². The molecule has 2 unspecified atom stereocenters. The molecule has 2 N–H and O–H groups in total. The number of carboxylic acid groups (broad SMARTS) is 1. The van der Waals surface area contributed by atoms with Crippen LogP contribution in [0.4, 0.5) is 9.59 Å². The Morgan fingerprint density at radius 2 is 1.87 bits per heavy atom. The number of hydrogen-bond donors (Lipinski definition) is 2. The molecule has 2 saturated heterocycles. The van der Waals surface area contributed by atoms with Crippen LogP contribution in [0.5, 0.6) is 0 Å². The molecule has 4 rings (SSSR count). The summed E-state index contributed by atoms with van der Waals surface area (Å²) in [4.78, 5) is 25.5. The van der Waals surface area contributed by atoms with Crippen LogP contribution in [0.1, 0.15) is 56.9 Å². The van der Waals surface area contributed by atoms with Crippen molar-refractivity contribution in [3.8, 4) is 0 Å². The molecule has 1 spiro atoms. The summed E-state index contributed by atoms with van der Waals surface area (Å²) in [7, 11) is 0. The summed E-state index contributed by atoms with van der Waals surface area (Å²) in [6.45, 7) is 1.34. The highest BCUT2D eigenvalue weighted by Gasteiger charge is 2.50. The fourth-order valence-electron chi connectivity index (χ4n) is 5.17. The van der Waals surface area contributed by atoms with Gasteiger partial charge in [-0.1, -0.05) is 36.8 Å². The van der Waals surface area contributed by atoms with Gasteiger partial charge in [-0.05, 0) is 31.2 Å². The molecule has 8 nitrogen and oxygen atoms in total. The van der Waals surface area contributed by atoms with Crippen LogP contribution in [0.3, 0.4) is 0 Å². The monoisotopic (exact) mass is 432 g/mol. The van der Waals surface area contributed by atoms with Crippen molar-refractivity contribution in [1.82, 2.24) is 10.2 Å². The third-order valence-electron chi connectivity index (χ3n) is 6.88. The molecule has 2 atom stereocenters. The van der Waals surface area contributed by atoms with Gasteiger partial charge >= 0.3 is 12.2 Å². The van der Waals surface area contributed by atoms with Crippen LogP contribution in [0.15, 0.2) is 30.3 Å². The fraction of sp³-hybridized carbons (Fsp3) is 0.652. The van der Waals surface area contributed by atoms with Crippen LogP contribution in [0.25, 0.3) is 0 Å². The molecule has 2 aliphatic heterocycles. The number of ether oxygens (including phenoxy) is 3. The molecule has 0 aromatic heterocycles. The molecule has 8 heteroatoms. The zero-order valence-corrected chi connectivity index (χ0v) is 17.9. The lowest BCUT2D eigenvalue weighted by molar-refractivity contribution is -0.266. The van der Waals surface area contributed by atoms with Crippen molar-refractivity contribution < 1.29 is 28.9 Å². The van der Waals surface area contributed by atoms with Gasteiger partial charge in [0.05, 0.1) is 31.4 Å². The molecule has 3 fully saturated rings. The lowest BCUT2D eigenvalue weighted by Crippen LogP contribution is -2.69. The second-order valence-corrected chi connectivity index (χ2v) is 8.82. The quantitative estimate of drug-likeness (QED) is 0.662. The lowest BCUT2D eigenvalue weighted by Gasteiger charge is -2.51. The van der Waals surface area contributed by atoms with E-state index in [9.17, 15) is 14.7 Å². The van der Waals surface area contributed by atoms with Gasteiger partial charge < -0.3 is 29.5 Å². The van der Waals surface area contributed by atoms with Crippen LogP contribution in [0.2, 0.25) is 0 Å². The Hall–Kier alpha value is -2.32. The van der Waals surface area contributed by atoms with E-state index < -0.39 is 29.6 Å². The fourth-order valence-corrected chi connectivity index (χ4v) is 5.17. The Balaban J connectivity index is 1.51. The first-order chi connectivity index (χ1) is 15.0. The topological polar surface area (TPSA) is 97.3 Å². The average molecular weight is 433 g/mol. The first-order valence-electron chi connectivity index (χ1n) is 11.3. The number of rotatable bonds is 6. The third-order valence-corrected chi connectivity index (χ3v) is 6.88. The number of piperidine rings is 1. The molecule has 3 aliphatic rings. The molecule has 170 valence electrons. The second-order valence-electron chi connectivity index (χ2n) is 8.82. The van der Waals surface area contributed by atoms with E-state index in [1.54, 1.807) is 0 Å². The van der Waals surface area contributed by atoms with Gasteiger partial charge in [0.1, 0.15) is 0 Å². The highest BCUT2D eigenvalue weighted by Crippen LogP contribution is 2.38. The minimum atomic E-state index is -0.990. The average Bonchev–Trinajstić information content (AvgIpc) is 2.78. The van der Waals surface area contributed by atoms with E-state index in [1.165, 1.54) is 4.90 Å². The summed E-state index contributed by atoms with van der Waals surface area (Å²) in [5.41, 5.74) is 0.412. The Morgan fingerprint density at radius 3 is 2.58 bits per heavy atom. The van der Waals surface area contributed by atoms with E-state index in [4.69, 9.17) is 14.2 Å². The van der Waals surface area contributed by atoms with Gasteiger partial charge in [-0.25, -0.2) is 9.59 Å². The molecule has 1 aliphatic carbocycles. The van der Waals surface area contributed by atoms with Gasteiger partial charge in [0.15, 0.2) is 5.79 Å². The first-order valence-corrected chi connectivity index (χ1v) is 11.3. The van der Waals surface area contributed by atoms with Crippen LogP contribution in [-0.4, -0.2) is 59.3 Å². The standard InChI is InChI=1S/C23H32N2O6/c26-20-24-22(13-15-29-20)10-7-14-25(21(27)28)19(22)17-31-23(11-5-2-6-12-23)30-16-18-8-3-1-4-9-18/h1,3-4,8-9,19H,2,5-7,10-17H2,(H,24,26)(H,27,28). The summed E-state index contributed by atoms with van der Waals surface area (Å²) in [5.74, 6) is -0.730. The van der Waals surface area contributed by atoms with Gasteiger partial charge in [-0.15, -0.1) is 0 Å². The number of hydrogen-bond acceptors (Lipinski definition) is 5. The Bertz CT molecular complexity index is 763. The van der Waals surface area contributed by atoms with Gasteiger partial charge in [0.25, 0.3) is 0 Å². The largest absolute Gasteiger partial charge is 0.465 e. The Morgan fingerprint density at radius 1 is 1.10 bits per heavy atom. The van der Waals surface area contributed by atoms with Crippen molar-refractivity contribution in [3.05, 3.63) is 35.9 Å². The predicted octanol–water partition coefficient (Wildman–Crippen LogP) is 3.89. The number of cyclic esters (lactones) is 1. The number of benzene rings is 1. The number of amides is 2. The molecule has 1 aromatic rings. The van der Waals surface area contributed by atoms with E-state index >= 15 is 0 Å². The van der Waals surface area contributed by atoms with Crippen molar-refractivity contribution in [3.63, 3.8) is 0 Å². The maximum atomic E-state index is 12.0. The van der Waals surface area contributed by atoms with Gasteiger partial charge in [-0.2, -0.15) is 0 Å². The third kappa shape index (κ3) is 4.96. The van der Waals surface area contributed by atoms with Gasteiger partial charge in [0.2, 0.25) is 0 Å². The number of carbonyl (C=O) groups is 2. The molecule has 2 heterocycles. The van der Waals surface area contributed by atoms with Crippen LogP contribution in [0, 0.1) is 0 Å². The summed E-state index contributed by atoms with van der Waals surface area (Å²) < 4.78 is 17.9. The zero-order valence-electron chi connectivity index (χ0n) is 17.9. The molecule has 31 heavy (non-hydrogen) atoms. The number of nitrogens with zero attached hydrogens (tertiary/aromatic N) is 1. The number of nitrogens with one attached hydrogen (secondary N) is 1. The second kappa shape index (κ2) is 9.44. The maximum absolute atomic E-state index is 12.0. The first kappa shape index (κ1) is 21.9. The van der Waals surface area contributed by atoms with Crippen molar-refractivity contribution in [2.75, 3.05) is 19.8 Å². The van der Waals surface area contributed by atoms with E-state index in [-0.39, 0.29) is 13.2 Å². The van der Waals surface area contributed by atoms with Crippen LogP contribution in [-0.2, 0) is 20.8 Å². The van der Waals surface area contributed by atoms with Crippen molar-refractivity contribution in [2.45, 2.75) is 75.3 Å². The van der Waals surface area contributed by atoms with Crippen molar-refractivity contribution >= 4 is 12.2 Å². The minimum Gasteiger partial charge on any atom is -0.465 e. The number of likely N-dealkylation sites (tertiary alicyclic amines) is 1. The summed E-state index contributed by atoms with van der Waals surface area (Å²) in [5, 5.41) is 12.8. The molecule has 0 radical (unpaired) electrons. The smallest absolute Gasteiger partial charge is 0.407 e. The highest BCUT2D eigenvalue weighted by atomic mass is 16.7. The predicted molar refractivity (Wildman–Crippen MR) is 113 cm³/mol. The van der Waals surface area contributed by atoms with Crippen molar-refractivity contribution in [1.29, 1.82) is 0 Å². The Kier molecular flexibility index (Phi) is 6.67. The molecule has 0 bridgehead atoms. The summed E-state index contributed by atoms with van der Waals surface area (Å²) in [6, 6.07) is 9.51. The van der Waals surface area contributed by atoms with Gasteiger partial charge in [-0.3, -0.25) is 0 Å². The molecule has 1 saturated carbocycles. The number of alkyl carbamates (subject to hydrolysis) is 1.